The molecule has 0 bridgehead atoms. The zero-order valence-electron chi connectivity index (χ0n) is 48.1. The molecule has 1 aliphatic rings. The molecule has 24 N–H and O–H groups in total. The number of carbonyl (C=O) groups is 11. The molecule has 1 rings (SSSR count). The number of carbonyl (C=O) groups excluding carboxylic acids is 11. The molecule has 0 spiro atoms. The third-order valence-corrected chi connectivity index (χ3v) is 13.4. The van der Waals surface area contributed by atoms with Crippen LogP contribution in [0.5, 0.6) is 0 Å². The Morgan fingerprint density at radius 1 is 0.531 bits per heavy atom. The number of rotatable bonds is 28. The number of unbranched alkanes of at least 4 members (excludes halogenated alkanes) is 1. The highest BCUT2D eigenvalue weighted by Crippen LogP contribution is 2.13. The molecule has 1 saturated heterocycles. The van der Waals surface area contributed by atoms with Crippen LogP contribution in [0.3, 0.4) is 0 Å². The van der Waals surface area contributed by atoms with Crippen LogP contribution in [0.4, 0.5) is 0 Å². The third-order valence-electron chi connectivity index (χ3n) is 13.4. The first-order valence-electron chi connectivity index (χ1n) is 28.0. The van der Waals surface area contributed by atoms with E-state index in [-0.39, 0.29) is 83.6 Å². The lowest BCUT2D eigenvalue weighted by atomic mass is 10.0. The summed E-state index contributed by atoms with van der Waals surface area (Å²) in [7, 11) is 0. The SMILES string of the molecule is CCC(C)CCCCC(=O)N[C@@H](CCN)C(=O)N[C@H](C(=O)N[C@@H](CCN)C(=O)N[C@H]1CCNC(=O)[C@H](C(C)O)NC(=O)[C@H](CCN)NC(=O)[C@H](CCN)NC(=O)[C@H](C(C)O)NC(=O)[C@@H](CC(C)C)NC(=O)[C@H](CCN)NC1=O)C(C)O. The molecular formula is C51H96N16O14. The van der Waals surface area contributed by atoms with Gasteiger partial charge in [-0.1, -0.05) is 47.0 Å². The molecule has 11 amide bonds. The van der Waals surface area contributed by atoms with Crippen molar-refractivity contribution in [1.29, 1.82) is 0 Å². The van der Waals surface area contributed by atoms with Gasteiger partial charge in [0.05, 0.1) is 18.3 Å². The molecule has 81 heavy (non-hydrogen) atoms. The molecule has 1 aliphatic heterocycles. The average Bonchev–Trinajstić information content (AvgIpc) is 3.39. The van der Waals surface area contributed by atoms with Gasteiger partial charge in [-0.05, 0) is 117 Å². The van der Waals surface area contributed by atoms with Crippen molar-refractivity contribution in [3.63, 3.8) is 0 Å². The summed E-state index contributed by atoms with van der Waals surface area (Å²) in [5.74, 6) is -10.1. The van der Waals surface area contributed by atoms with Crippen molar-refractivity contribution in [2.75, 3.05) is 39.3 Å². The first-order valence-corrected chi connectivity index (χ1v) is 28.0. The largest absolute Gasteiger partial charge is 0.391 e. The highest BCUT2D eigenvalue weighted by molar-refractivity contribution is 5.99. The molecule has 0 saturated carbocycles. The van der Waals surface area contributed by atoms with Gasteiger partial charge in [0.15, 0.2) is 0 Å². The minimum atomic E-state index is -1.73. The Kier molecular flexibility index (Phi) is 34.7. The molecule has 0 aromatic heterocycles. The van der Waals surface area contributed by atoms with Crippen molar-refractivity contribution in [3.8, 4) is 0 Å². The topological polar surface area (TPSA) is 511 Å². The Morgan fingerprint density at radius 3 is 1.46 bits per heavy atom. The predicted octanol–water partition coefficient (Wildman–Crippen LogP) is -7.11. The molecule has 0 aliphatic carbocycles. The van der Waals surface area contributed by atoms with Gasteiger partial charge in [0.1, 0.15) is 60.4 Å². The molecule has 0 aromatic carbocycles. The molecule has 0 aromatic rings. The van der Waals surface area contributed by atoms with Crippen molar-refractivity contribution >= 4 is 65.0 Å². The molecule has 464 valence electrons. The maximum absolute atomic E-state index is 14.4. The summed E-state index contributed by atoms with van der Waals surface area (Å²) in [6, 6.07) is -15.4. The fraction of sp³-hybridized carbons (Fsp3) is 0.784. The molecule has 30 nitrogen and oxygen atoms in total. The Hall–Kier alpha value is -6.15. The summed E-state index contributed by atoms with van der Waals surface area (Å²) in [5, 5.41) is 59.4. The van der Waals surface area contributed by atoms with E-state index in [0.717, 1.165) is 19.3 Å². The summed E-state index contributed by atoms with van der Waals surface area (Å²) in [6.45, 7) is 9.91. The van der Waals surface area contributed by atoms with Crippen molar-refractivity contribution in [2.45, 2.75) is 204 Å². The van der Waals surface area contributed by atoms with Gasteiger partial charge in [-0.25, -0.2) is 0 Å². The standard InChI is InChI=1S/C51H96N16O14/c1-8-27(4)11-9-10-12-38(71)58-31(13-19-52)46(76)66-40(29(6)69)50(80)63-34(16-22-55)43(73)61-36-18-24-57-49(79)39(28(5)68)65-47(77)35(17-23-56)60-42(72)33(15-21-54)62-51(81)41(30(7)70)67-48(78)37(25-26(2)3)64-44(74)32(14-20-53)59-45(36)75/h26-37,39-41,68-70H,8-25,52-56H2,1-7H3,(H,57,79)(H,58,71)(H,59,75)(H,60,72)(H,61,73)(H,62,81)(H,63,80)(H,64,74)(H,65,77)(H,66,76)(H,67,78)/t27?,28?,29?,30?,31-,32-,33-,34-,35-,36-,37+,39-,40-,41-/m0/s1. The van der Waals surface area contributed by atoms with E-state index in [1.807, 2.05) is 0 Å². The van der Waals surface area contributed by atoms with Crippen LogP contribution in [-0.4, -0.2) is 198 Å². The van der Waals surface area contributed by atoms with Gasteiger partial charge in [-0.3, -0.25) is 52.7 Å². The van der Waals surface area contributed by atoms with Crippen molar-refractivity contribution in [3.05, 3.63) is 0 Å². The molecule has 0 radical (unpaired) electrons. The Morgan fingerprint density at radius 2 is 0.988 bits per heavy atom. The number of nitrogens with two attached hydrogens (primary N) is 5. The van der Waals surface area contributed by atoms with E-state index in [1.54, 1.807) is 13.8 Å². The molecule has 30 heteroatoms. The molecule has 4 unspecified atom stereocenters. The highest BCUT2D eigenvalue weighted by Gasteiger charge is 2.38. The molecule has 1 fully saturated rings. The quantitative estimate of drug-likeness (QED) is 0.0324. The summed E-state index contributed by atoms with van der Waals surface area (Å²) in [4.78, 5) is 152. The van der Waals surface area contributed by atoms with E-state index in [1.165, 1.54) is 20.8 Å². The minimum Gasteiger partial charge on any atom is -0.391 e. The molecular weight excluding hydrogens is 1060 g/mol. The van der Waals surface area contributed by atoms with Gasteiger partial charge >= 0.3 is 0 Å². The monoisotopic (exact) mass is 1160 g/mol. The van der Waals surface area contributed by atoms with Crippen LogP contribution >= 0.6 is 0 Å². The first-order chi connectivity index (χ1) is 38.2. The normalized spacial score (nSPS) is 23.9. The summed E-state index contributed by atoms with van der Waals surface area (Å²) in [6.07, 6.45) is -2.79. The third kappa shape index (κ3) is 26.5. The van der Waals surface area contributed by atoms with E-state index in [9.17, 15) is 68.1 Å². The first kappa shape index (κ1) is 72.9. The fourth-order valence-corrected chi connectivity index (χ4v) is 8.44. The van der Waals surface area contributed by atoms with E-state index < -0.39 is 157 Å². The van der Waals surface area contributed by atoms with Crippen molar-refractivity contribution in [1.82, 2.24) is 58.5 Å². The predicted molar refractivity (Wildman–Crippen MR) is 298 cm³/mol. The van der Waals surface area contributed by atoms with E-state index in [2.05, 4.69) is 72.3 Å². The number of aliphatic hydroxyl groups is 3. The maximum atomic E-state index is 14.4. The van der Waals surface area contributed by atoms with Crippen molar-refractivity contribution in [2.24, 2.45) is 40.5 Å². The van der Waals surface area contributed by atoms with Crippen LogP contribution < -0.4 is 87.2 Å². The van der Waals surface area contributed by atoms with Crippen LogP contribution in [0.2, 0.25) is 0 Å². The Balaban J connectivity index is 3.79. The van der Waals surface area contributed by atoms with Crippen LogP contribution in [0.25, 0.3) is 0 Å². The highest BCUT2D eigenvalue weighted by atomic mass is 16.3. The summed E-state index contributed by atoms with van der Waals surface area (Å²) in [5.41, 5.74) is 29.0. The summed E-state index contributed by atoms with van der Waals surface area (Å²) >= 11 is 0. The van der Waals surface area contributed by atoms with Crippen LogP contribution in [-0.2, 0) is 52.7 Å². The van der Waals surface area contributed by atoms with Gasteiger partial charge in [0, 0.05) is 13.0 Å². The van der Waals surface area contributed by atoms with Crippen LogP contribution in [0, 0.1) is 11.8 Å². The summed E-state index contributed by atoms with van der Waals surface area (Å²) < 4.78 is 0. The smallest absolute Gasteiger partial charge is 0.245 e. The number of aliphatic hydroxyl groups excluding tert-OH is 3. The van der Waals surface area contributed by atoms with Gasteiger partial charge in [-0.15, -0.1) is 0 Å². The lowest BCUT2D eigenvalue weighted by Gasteiger charge is -2.29. The van der Waals surface area contributed by atoms with Gasteiger partial charge < -0.3 is 102 Å². The molecule has 14 atom stereocenters. The van der Waals surface area contributed by atoms with Crippen LogP contribution in [0.1, 0.15) is 126 Å². The number of hydrogen-bond acceptors (Lipinski definition) is 19. The minimum absolute atomic E-state index is 0.0215. The second kappa shape index (κ2) is 38.5. The van der Waals surface area contributed by atoms with Gasteiger partial charge in [0.2, 0.25) is 65.0 Å². The lowest BCUT2D eigenvalue weighted by Crippen LogP contribution is -2.62. The Labute approximate surface area is 474 Å². The number of amides is 11. The maximum Gasteiger partial charge on any atom is 0.245 e. The van der Waals surface area contributed by atoms with E-state index in [0.29, 0.717) is 12.3 Å². The zero-order valence-corrected chi connectivity index (χ0v) is 48.1. The fourth-order valence-electron chi connectivity index (χ4n) is 8.44. The van der Waals surface area contributed by atoms with E-state index in [4.69, 9.17) is 28.7 Å². The van der Waals surface area contributed by atoms with Crippen molar-refractivity contribution < 1.29 is 68.1 Å². The van der Waals surface area contributed by atoms with Gasteiger partial charge in [0.25, 0.3) is 0 Å². The van der Waals surface area contributed by atoms with Gasteiger partial charge in [-0.2, -0.15) is 0 Å². The Bertz CT molecular complexity index is 2050. The number of nitrogens with one attached hydrogen (secondary N) is 11. The van der Waals surface area contributed by atoms with Crippen LogP contribution in [0.15, 0.2) is 0 Å². The number of hydrogen-bond donors (Lipinski definition) is 19. The average molecular weight is 1160 g/mol. The molecule has 1 heterocycles. The zero-order chi connectivity index (χ0) is 61.5. The lowest BCUT2D eigenvalue weighted by molar-refractivity contribution is -0.137. The second-order valence-electron chi connectivity index (χ2n) is 21.0. The second-order valence-corrected chi connectivity index (χ2v) is 21.0. The van der Waals surface area contributed by atoms with E-state index >= 15 is 0 Å².